The normalized spacial score (nSPS) is 17.0. The number of morpholine rings is 1. The molecule has 3 atom stereocenters. The van der Waals surface area contributed by atoms with Gasteiger partial charge in [0.1, 0.15) is 46.5 Å². The summed E-state index contributed by atoms with van der Waals surface area (Å²) < 4.78 is 69.5. The van der Waals surface area contributed by atoms with Crippen molar-refractivity contribution in [3.8, 4) is 0 Å². The Kier molecular flexibility index (Phi) is 10.8. The van der Waals surface area contributed by atoms with Crippen molar-refractivity contribution in [1.29, 1.82) is 0 Å². The van der Waals surface area contributed by atoms with Crippen LogP contribution in [0.15, 0.2) is 73.1 Å². The summed E-state index contributed by atoms with van der Waals surface area (Å²) in [7, 11) is 0. The molecular weight excluding hydrogens is 676 g/mol. The first-order valence-electron chi connectivity index (χ1n) is 17.1. The molecule has 0 unspecified atom stereocenters. The molecule has 1 saturated heterocycles. The predicted molar refractivity (Wildman–Crippen MR) is 187 cm³/mol. The average Bonchev–Trinajstić information content (AvgIpc) is 3.49. The number of ketones is 1. The number of imidazole rings is 1. The van der Waals surface area contributed by atoms with Gasteiger partial charge in [-0.15, -0.1) is 0 Å². The molecule has 5 aromatic rings. The molecule has 1 N–H and O–H groups in total. The Morgan fingerprint density at radius 2 is 1.69 bits per heavy atom. The Morgan fingerprint density at radius 3 is 2.40 bits per heavy atom. The monoisotopic (exact) mass is 716 g/mol. The van der Waals surface area contributed by atoms with Crippen LogP contribution in [-0.2, 0) is 27.1 Å². The number of nitrogens with one attached hydrogen (secondary N) is 1. The van der Waals surface area contributed by atoms with Gasteiger partial charge in [0.2, 0.25) is 0 Å². The van der Waals surface area contributed by atoms with E-state index in [-0.39, 0.29) is 49.3 Å². The Hall–Kier alpha value is -5.10. The maximum Gasteiger partial charge on any atom is 0.411 e. The predicted octanol–water partition coefficient (Wildman–Crippen LogP) is 8.47. The van der Waals surface area contributed by atoms with Gasteiger partial charge in [0, 0.05) is 31.0 Å². The van der Waals surface area contributed by atoms with Crippen LogP contribution in [0.4, 0.5) is 22.4 Å². The highest BCUT2D eigenvalue weighted by atomic mass is 19.1. The molecule has 1 amide bonds. The number of ether oxygens (including phenoxy) is 2. The molecule has 6 rings (SSSR count). The van der Waals surface area contributed by atoms with Crippen LogP contribution in [0.2, 0.25) is 0 Å². The minimum atomic E-state index is -0.805. The first kappa shape index (κ1) is 36.7. The zero-order chi connectivity index (χ0) is 37.2. The van der Waals surface area contributed by atoms with Crippen LogP contribution >= 0.6 is 0 Å². The number of benzene rings is 3. The first-order valence-corrected chi connectivity index (χ1v) is 17.1. The van der Waals surface area contributed by atoms with Gasteiger partial charge >= 0.3 is 6.09 Å². The van der Waals surface area contributed by atoms with Crippen molar-refractivity contribution < 1.29 is 36.6 Å². The molecule has 3 heterocycles. The number of H-pyrrole nitrogens is 1. The number of nitrogens with zero attached hydrogens (tertiary/aromatic N) is 3. The van der Waals surface area contributed by atoms with Crippen molar-refractivity contribution in [2.24, 2.45) is 0 Å². The molecule has 8 nitrogen and oxygen atoms in total. The number of amides is 1. The third kappa shape index (κ3) is 8.85. The lowest BCUT2D eigenvalue weighted by molar-refractivity contribution is -0.118. The van der Waals surface area contributed by atoms with Gasteiger partial charge in [-0.3, -0.25) is 14.7 Å². The van der Waals surface area contributed by atoms with Crippen LogP contribution in [0.25, 0.3) is 11.0 Å². The lowest BCUT2D eigenvalue weighted by Crippen LogP contribution is -2.49. The Bertz CT molecular complexity index is 2060. The van der Waals surface area contributed by atoms with Crippen LogP contribution < -0.4 is 0 Å². The summed E-state index contributed by atoms with van der Waals surface area (Å²) in [6, 6.07) is 13.7. The van der Waals surface area contributed by atoms with Crippen LogP contribution in [0, 0.1) is 30.2 Å². The fourth-order valence-electron chi connectivity index (χ4n) is 6.59. The average molecular weight is 717 g/mol. The number of rotatable bonds is 10. The smallest absolute Gasteiger partial charge is 0.411 e. The quantitative estimate of drug-likeness (QED) is 0.146. The van der Waals surface area contributed by atoms with E-state index in [4.69, 9.17) is 14.5 Å². The molecule has 52 heavy (non-hydrogen) atoms. The highest BCUT2D eigenvalue weighted by Crippen LogP contribution is 2.32. The maximum absolute atomic E-state index is 15.3. The van der Waals surface area contributed by atoms with E-state index in [1.165, 1.54) is 30.5 Å². The summed E-state index contributed by atoms with van der Waals surface area (Å²) in [4.78, 5) is 40.7. The van der Waals surface area contributed by atoms with E-state index in [9.17, 15) is 22.8 Å². The van der Waals surface area contributed by atoms with Crippen LogP contribution in [-0.4, -0.2) is 56.6 Å². The minimum absolute atomic E-state index is 0.123. The van der Waals surface area contributed by atoms with Gasteiger partial charge in [-0.1, -0.05) is 18.2 Å². The molecule has 1 fully saturated rings. The van der Waals surface area contributed by atoms with Crippen molar-refractivity contribution in [2.75, 3.05) is 13.2 Å². The third-order valence-electron chi connectivity index (χ3n) is 9.06. The molecule has 272 valence electrons. The molecule has 0 aliphatic carbocycles. The van der Waals surface area contributed by atoms with Gasteiger partial charge in [-0.25, -0.2) is 27.3 Å². The topological polar surface area (TPSA) is 97.4 Å². The summed E-state index contributed by atoms with van der Waals surface area (Å²) in [5.74, 6) is -3.25. The van der Waals surface area contributed by atoms with Crippen molar-refractivity contribution in [3.05, 3.63) is 130 Å². The molecule has 1 aliphatic rings. The summed E-state index contributed by atoms with van der Waals surface area (Å²) in [5, 5.41) is 0. The van der Waals surface area contributed by atoms with E-state index in [1.807, 2.05) is 25.1 Å². The second-order valence-electron chi connectivity index (χ2n) is 14.3. The van der Waals surface area contributed by atoms with Crippen LogP contribution in [0.1, 0.15) is 79.2 Å². The SMILES string of the molecule is Cc1ccc2nc([C@@H]3CO[C@H](CCc4c(F)cncc4CC(=O)C[C@@H](c4ccc(F)cc4)c4cc(F)cc(F)c4)CN3C(=O)OC(C)(C)C)[nH]c2c1. The first-order chi connectivity index (χ1) is 24.7. The molecule has 2 aromatic heterocycles. The number of aromatic amines is 1. The summed E-state index contributed by atoms with van der Waals surface area (Å²) >= 11 is 0. The number of halogens is 4. The van der Waals surface area contributed by atoms with Crippen molar-refractivity contribution in [1.82, 2.24) is 19.9 Å². The summed E-state index contributed by atoms with van der Waals surface area (Å²) in [5.41, 5.74) is 3.26. The lowest BCUT2D eigenvalue weighted by Gasteiger charge is -2.39. The number of fused-ring (bicyclic) bond motifs is 1. The minimum Gasteiger partial charge on any atom is -0.444 e. The Balaban J connectivity index is 1.18. The zero-order valence-corrected chi connectivity index (χ0v) is 29.4. The highest BCUT2D eigenvalue weighted by molar-refractivity contribution is 5.82. The molecule has 0 saturated carbocycles. The number of Topliss-reactive ketones (excluding diaryl/α,β-unsaturated/α-hetero) is 1. The Morgan fingerprint density at radius 1 is 0.962 bits per heavy atom. The summed E-state index contributed by atoms with van der Waals surface area (Å²) in [6.07, 6.45) is 1.61. The second kappa shape index (κ2) is 15.2. The van der Waals surface area contributed by atoms with Gasteiger partial charge < -0.3 is 14.5 Å². The number of hydrogen-bond acceptors (Lipinski definition) is 6. The van der Waals surface area contributed by atoms with Crippen molar-refractivity contribution in [3.63, 3.8) is 0 Å². The van der Waals surface area contributed by atoms with Gasteiger partial charge in [-0.05, 0) is 105 Å². The number of carbonyl (C=O) groups is 2. The summed E-state index contributed by atoms with van der Waals surface area (Å²) in [6.45, 7) is 7.62. The number of aromatic nitrogens is 3. The second-order valence-corrected chi connectivity index (χ2v) is 14.3. The highest BCUT2D eigenvalue weighted by Gasteiger charge is 2.37. The van der Waals surface area contributed by atoms with Gasteiger partial charge in [0.15, 0.2) is 0 Å². The van der Waals surface area contributed by atoms with E-state index < -0.39 is 53.0 Å². The lowest BCUT2D eigenvalue weighted by atomic mass is 9.85. The molecule has 3 aromatic carbocycles. The number of carbonyl (C=O) groups excluding carboxylic acids is 2. The third-order valence-corrected chi connectivity index (χ3v) is 9.06. The largest absolute Gasteiger partial charge is 0.444 e. The van der Waals surface area contributed by atoms with E-state index in [0.29, 0.717) is 23.4 Å². The van der Waals surface area contributed by atoms with Crippen LogP contribution in [0.3, 0.4) is 0 Å². The Labute approximate surface area is 299 Å². The van der Waals surface area contributed by atoms with E-state index >= 15 is 4.39 Å². The number of hydrogen-bond donors (Lipinski definition) is 1. The van der Waals surface area contributed by atoms with E-state index in [0.717, 1.165) is 41.0 Å². The number of aryl methyl sites for hydroxylation is 1. The molecule has 0 radical (unpaired) electrons. The molecule has 0 spiro atoms. The molecular formula is C40H40F4N4O4. The van der Waals surface area contributed by atoms with Crippen LogP contribution in [0.5, 0.6) is 0 Å². The zero-order valence-electron chi connectivity index (χ0n) is 29.4. The van der Waals surface area contributed by atoms with Crippen molar-refractivity contribution >= 4 is 22.9 Å². The van der Waals surface area contributed by atoms with Gasteiger partial charge in [0.25, 0.3) is 0 Å². The fraction of sp³-hybridized carbons (Fsp3) is 0.350. The fourth-order valence-corrected chi connectivity index (χ4v) is 6.59. The number of pyridine rings is 1. The molecule has 12 heteroatoms. The van der Waals surface area contributed by atoms with Crippen molar-refractivity contribution in [2.45, 2.75) is 77.0 Å². The standard InChI is InChI=1S/C40H40F4N4O4/c1-23-5-12-35-36(13-23)47-38(46-35)37-22-51-31(21-48(37)39(50)52-40(2,3)4)10-11-32-26(19-45-20-34(32)44)16-30(49)18-33(24-6-8-27(41)9-7-24)25-14-28(42)17-29(43)15-25/h5-9,12-15,17,19-20,31,33,37H,10-11,16,18,21-22H2,1-4H3,(H,46,47)/t31-,33+,37+/m1/s1. The van der Waals surface area contributed by atoms with Gasteiger partial charge in [-0.2, -0.15) is 0 Å². The molecule has 0 bridgehead atoms. The molecule has 1 aliphatic heterocycles. The van der Waals surface area contributed by atoms with E-state index in [2.05, 4.69) is 9.97 Å². The van der Waals surface area contributed by atoms with Gasteiger partial charge in [0.05, 0.1) is 36.5 Å². The maximum atomic E-state index is 15.3. The van der Waals surface area contributed by atoms with E-state index in [1.54, 1.807) is 25.7 Å².